The first-order valence-corrected chi connectivity index (χ1v) is 11.2. The largest absolute Gasteiger partial charge is 0.333 e. The molecule has 160 valence electrons. The van der Waals surface area contributed by atoms with Gasteiger partial charge in [-0.05, 0) is 58.3 Å². The number of benzene rings is 1. The Kier molecular flexibility index (Phi) is 28.2. The molecule has 2 heteroatoms. The first kappa shape index (κ1) is 30.6. The van der Waals surface area contributed by atoms with Crippen LogP contribution in [0.1, 0.15) is 86.1 Å². The Hall–Kier alpha value is -1.12. The van der Waals surface area contributed by atoms with Crippen LogP contribution in [0.4, 0.5) is 0 Å². The van der Waals surface area contributed by atoms with Crippen molar-refractivity contribution in [3.63, 3.8) is 0 Å². The molecule has 0 amide bonds. The zero-order chi connectivity index (χ0) is 21.5. The van der Waals surface area contributed by atoms with Gasteiger partial charge in [0.25, 0.3) is 0 Å². The SMILES string of the molecule is C=C(C)[C@H]1CCCCN1CCCc1ccccc1.CC.CC.CCC.CN. The number of likely N-dealkylation sites (tertiary alicyclic amines) is 1. The molecule has 0 unspecified atom stereocenters. The van der Waals surface area contributed by atoms with E-state index < -0.39 is 0 Å². The number of hydrogen-bond donors (Lipinski definition) is 1. The molecule has 1 aliphatic heterocycles. The maximum absolute atomic E-state index is 4.50. The Morgan fingerprint density at radius 2 is 1.56 bits per heavy atom. The summed E-state index contributed by atoms with van der Waals surface area (Å²) >= 11 is 0. The van der Waals surface area contributed by atoms with Crippen LogP contribution in [0.3, 0.4) is 0 Å². The van der Waals surface area contributed by atoms with E-state index in [1.54, 1.807) is 0 Å². The van der Waals surface area contributed by atoms with Crippen LogP contribution in [0.5, 0.6) is 0 Å². The molecular weight excluding hydrogens is 328 g/mol. The van der Waals surface area contributed by atoms with Crippen LogP contribution in [-0.2, 0) is 6.42 Å². The molecule has 1 saturated heterocycles. The smallest absolute Gasteiger partial charge is 0.0302 e. The summed E-state index contributed by atoms with van der Waals surface area (Å²) in [6.07, 6.45) is 7.73. The zero-order valence-electron chi connectivity index (χ0n) is 19.9. The van der Waals surface area contributed by atoms with Crippen molar-refractivity contribution < 1.29 is 0 Å². The lowest BCUT2D eigenvalue weighted by molar-refractivity contribution is 0.170. The highest BCUT2D eigenvalue weighted by molar-refractivity contribution is 5.14. The van der Waals surface area contributed by atoms with Gasteiger partial charge in [-0.15, -0.1) is 0 Å². The fraction of sp³-hybridized carbons (Fsp3) is 0.680. The standard InChI is InChI=1S/C17H25N.C3H8.2C2H6.CH5N/c1-15(2)17-12-6-7-13-18(17)14-8-11-16-9-4-3-5-10-16;1-3-2;3*1-2/h3-5,9-10,17H,1,6-8,11-14H2,2H3;3H2,1-2H3;2*1-2H3;2H2,1H3/t17-;;;;/m1..../s1. The number of hydrogen-bond acceptors (Lipinski definition) is 2. The van der Waals surface area contributed by atoms with Crippen molar-refractivity contribution in [2.45, 2.75) is 93.0 Å². The highest BCUT2D eigenvalue weighted by Gasteiger charge is 2.21. The van der Waals surface area contributed by atoms with Gasteiger partial charge in [-0.2, -0.15) is 0 Å². The Morgan fingerprint density at radius 3 is 2.04 bits per heavy atom. The number of nitrogens with two attached hydrogens (primary N) is 1. The molecule has 0 radical (unpaired) electrons. The van der Waals surface area contributed by atoms with Gasteiger partial charge in [0.2, 0.25) is 0 Å². The van der Waals surface area contributed by atoms with Crippen LogP contribution >= 0.6 is 0 Å². The lowest BCUT2D eigenvalue weighted by Gasteiger charge is -2.36. The van der Waals surface area contributed by atoms with Gasteiger partial charge in [-0.25, -0.2) is 0 Å². The predicted molar refractivity (Wildman–Crippen MR) is 128 cm³/mol. The lowest BCUT2D eigenvalue weighted by Crippen LogP contribution is -2.40. The monoisotopic (exact) mass is 378 g/mol. The van der Waals surface area contributed by atoms with Crippen molar-refractivity contribution in [1.29, 1.82) is 0 Å². The predicted octanol–water partition coefficient (Wildman–Crippen LogP) is 7.09. The fourth-order valence-corrected chi connectivity index (χ4v) is 2.95. The van der Waals surface area contributed by atoms with Crippen molar-refractivity contribution in [2.75, 3.05) is 20.1 Å². The molecule has 1 aromatic carbocycles. The summed E-state index contributed by atoms with van der Waals surface area (Å²) in [5, 5.41) is 0. The van der Waals surface area contributed by atoms with E-state index in [9.17, 15) is 0 Å². The van der Waals surface area contributed by atoms with Crippen LogP contribution in [0, 0.1) is 0 Å². The summed E-state index contributed by atoms with van der Waals surface area (Å²) in [5.41, 5.74) is 7.30. The Balaban J connectivity index is -0.000000555. The molecule has 1 fully saturated rings. The molecule has 1 aliphatic rings. The van der Waals surface area contributed by atoms with E-state index in [4.69, 9.17) is 0 Å². The van der Waals surface area contributed by atoms with Gasteiger partial charge in [0, 0.05) is 6.04 Å². The molecule has 0 saturated carbocycles. The second kappa shape index (κ2) is 24.9. The van der Waals surface area contributed by atoms with E-state index in [1.165, 1.54) is 69.8 Å². The summed E-state index contributed by atoms with van der Waals surface area (Å²) in [5.74, 6) is 0. The number of piperidine rings is 1. The van der Waals surface area contributed by atoms with E-state index in [-0.39, 0.29) is 0 Å². The summed E-state index contributed by atoms with van der Waals surface area (Å²) < 4.78 is 0. The minimum absolute atomic E-state index is 0.634. The summed E-state index contributed by atoms with van der Waals surface area (Å²) in [6.45, 7) is 21.1. The van der Waals surface area contributed by atoms with Gasteiger partial charge in [0.05, 0.1) is 0 Å². The molecular formula is C25H50N2. The Labute approximate surface area is 172 Å². The van der Waals surface area contributed by atoms with Crippen molar-refractivity contribution in [1.82, 2.24) is 4.90 Å². The summed E-state index contributed by atoms with van der Waals surface area (Å²) in [4.78, 5) is 2.63. The molecule has 1 atom stereocenters. The van der Waals surface area contributed by atoms with Crippen LogP contribution in [-0.4, -0.2) is 31.1 Å². The van der Waals surface area contributed by atoms with E-state index in [0.29, 0.717) is 6.04 Å². The first-order valence-electron chi connectivity index (χ1n) is 11.2. The van der Waals surface area contributed by atoms with Gasteiger partial charge < -0.3 is 5.73 Å². The third-order valence-corrected chi connectivity index (χ3v) is 3.94. The maximum Gasteiger partial charge on any atom is 0.0302 e. The Morgan fingerprint density at radius 1 is 1.04 bits per heavy atom. The highest BCUT2D eigenvalue weighted by atomic mass is 15.2. The average molecular weight is 379 g/mol. The number of aryl methyl sites for hydroxylation is 1. The van der Waals surface area contributed by atoms with Crippen LogP contribution in [0.25, 0.3) is 0 Å². The van der Waals surface area contributed by atoms with Crippen molar-refractivity contribution in [3.8, 4) is 0 Å². The zero-order valence-corrected chi connectivity index (χ0v) is 19.9. The van der Waals surface area contributed by atoms with Gasteiger partial charge >= 0.3 is 0 Å². The molecule has 27 heavy (non-hydrogen) atoms. The quantitative estimate of drug-likeness (QED) is 0.554. The molecule has 0 aliphatic carbocycles. The third kappa shape index (κ3) is 16.8. The molecule has 0 spiro atoms. The van der Waals surface area contributed by atoms with Crippen LogP contribution in [0.15, 0.2) is 42.5 Å². The van der Waals surface area contributed by atoms with E-state index >= 15 is 0 Å². The van der Waals surface area contributed by atoms with E-state index in [0.717, 1.165) is 0 Å². The summed E-state index contributed by atoms with van der Waals surface area (Å²) in [7, 11) is 1.50. The minimum Gasteiger partial charge on any atom is -0.333 e. The van der Waals surface area contributed by atoms with Gasteiger partial charge in [-0.3, -0.25) is 4.90 Å². The number of nitrogens with zero attached hydrogens (tertiary/aromatic N) is 1. The van der Waals surface area contributed by atoms with Gasteiger partial charge in [-0.1, -0.05) is 96.9 Å². The fourth-order valence-electron chi connectivity index (χ4n) is 2.95. The van der Waals surface area contributed by atoms with Crippen molar-refractivity contribution in [2.24, 2.45) is 5.73 Å². The molecule has 0 aromatic heterocycles. The topological polar surface area (TPSA) is 29.3 Å². The van der Waals surface area contributed by atoms with E-state index in [2.05, 4.69) is 68.3 Å². The minimum atomic E-state index is 0.634. The normalized spacial score (nSPS) is 15.2. The lowest BCUT2D eigenvalue weighted by atomic mass is 9.96. The van der Waals surface area contributed by atoms with Gasteiger partial charge in [0.1, 0.15) is 0 Å². The molecule has 1 aromatic rings. The molecule has 0 bridgehead atoms. The summed E-state index contributed by atoms with van der Waals surface area (Å²) in [6, 6.07) is 11.4. The van der Waals surface area contributed by atoms with Gasteiger partial charge in [0.15, 0.2) is 0 Å². The average Bonchev–Trinajstić information content (AvgIpc) is 2.74. The van der Waals surface area contributed by atoms with E-state index in [1.807, 2.05) is 27.7 Å². The van der Waals surface area contributed by atoms with Crippen molar-refractivity contribution >= 4 is 0 Å². The molecule has 2 N–H and O–H groups in total. The van der Waals surface area contributed by atoms with Crippen molar-refractivity contribution in [3.05, 3.63) is 48.0 Å². The second-order valence-corrected chi connectivity index (χ2v) is 6.19. The van der Waals surface area contributed by atoms with Crippen LogP contribution in [0.2, 0.25) is 0 Å². The Bertz CT molecular complexity index is 387. The highest BCUT2D eigenvalue weighted by Crippen LogP contribution is 2.22. The first-order chi connectivity index (χ1) is 13.2. The number of rotatable bonds is 5. The molecule has 2 rings (SSSR count). The molecule has 1 heterocycles. The second-order valence-electron chi connectivity index (χ2n) is 6.19. The maximum atomic E-state index is 4.50. The third-order valence-electron chi connectivity index (χ3n) is 3.94. The molecule has 2 nitrogen and oxygen atoms in total. The van der Waals surface area contributed by atoms with Crippen LogP contribution < -0.4 is 5.73 Å².